The third-order valence-corrected chi connectivity index (χ3v) is 6.69. The van der Waals surface area contributed by atoms with E-state index in [1.165, 1.54) is 5.56 Å². The van der Waals surface area contributed by atoms with Crippen LogP contribution in [0.4, 0.5) is 5.82 Å². The minimum absolute atomic E-state index is 0.0214. The van der Waals surface area contributed by atoms with Crippen LogP contribution in [0, 0.1) is 6.92 Å². The Balaban J connectivity index is 1.42. The molecule has 0 saturated heterocycles. The first-order valence-corrected chi connectivity index (χ1v) is 13.3. The molecule has 2 atom stereocenters. The van der Waals surface area contributed by atoms with Gasteiger partial charge in [0.15, 0.2) is 0 Å². The summed E-state index contributed by atoms with van der Waals surface area (Å²) in [5, 5.41) is 4.53. The number of anilines is 1. The maximum Gasteiger partial charge on any atom is 0.332 e. The molecule has 4 aromatic rings. The Morgan fingerprint density at radius 2 is 1.79 bits per heavy atom. The van der Waals surface area contributed by atoms with Gasteiger partial charge in [0.1, 0.15) is 30.1 Å². The molecule has 7 heteroatoms. The molecule has 1 N–H and O–H groups in total. The first-order chi connectivity index (χ1) is 18.3. The standard InChI is InChI=1S/C31H35N3O4/c1-20-13-15-21(16-14-20)26-27-29(32-19-33-30(27)37-28(26)22-9-6-5-7-10-22)34-23-11-8-12-24(17-23)36-18-25(35)38-31(2,3)4/h5-7,9-10,13-16,19,23-24H,8,11-12,17-18H2,1-4H3,(H,32,33,34)/t23-,24?/m0/s1. The van der Waals surface area contributed by atoms with Gasteiger partial charge in [0, 0.05) is 17.2 Å². The number of esters is 1. The van der Waals surface area contributed by atoms with Crippen LogP contribution in [0.25, 0.3) is 33.6 Å². The number of aryl methyl sites for hydroxylation is 1. The molecule has 198 valence electrons. The molecule has 1 fully saturated rings. The largest absolute Gasteiger partial charge is 0.458 e. The number of carbonyl (C=O) groups is 1. The minimum Gasteiger partial charge on any atom is -0.458 e. The molecule has 0 radical (unpaired) electrons. The van der Waals surface area contributed by atoms with Crippen molar-refractivity contribution in [2.24, 2.45) is 0 Å². The number of rotatable bonds is 7. The fraction of sp³-hybridized carbons (Fsp3) is 0.387. The Morgan fingerprint density at radius 3 is 2.53 bits per heavy atom. The number of fused-ring (bicyclic) bond motifs is 1. The molecule has 1 unspecified atom stereocenters. The number of hydrogen-bond acceptors (Lipinski definition) is 7. The quantitative estimate of drug-likeness (QED) is 0.268. The van der Waals surface area contributed by atoms with E-state index in [-0.39, 0.29) is 24.7 Å². The number of aromatic nitrogens is 2. The number of furan rings is 1. The number of nitrogens with zero attached hydrogens (tertiary/aromatic N) is 2. The molecule has 2 heterocycles. The van der Waals surface area contributed by atoms with E-state index in [1.54, 1.807) is 6.33 Å². The highest BCUT2D eigenvalue weighted by molar-refractivity contribution is 6.05. The van der Waals surface area contributed by atoms with Crippen LogP contribution in [-0.4, -0.2) is 40.3 Å². The molecule has 2 aromatic heterocycles. The van der Waals surface area contributed by atoms with Gasteiger partial charge < -0.3 is 19.2 Å². The molecule has 38 heavy (non-hydrogen) atoms. The van der Waals surface area contributed by atoms with Gasteiger partial charge in [0.25, 0.3) is 0 Å². The molecular formula is C31H35N3O4. The van der Waals surface area contributed by atoms with E-state index >= 15 is 0 Å². The van der Waals surface area contributed by atoms with E-state index in [1.807, 2.05) is 51.1 Å². The Kier molecular flexibility index (Phi) is 7.47. The molecule has 5 rings (SSSR count). The van der Waals surface area contributed by atoms with E-state index in [0.29, 0.717) is 5.71 Å². The topological polar surface area (TPSA) is 86.5 Å². The van der Waals surface area contributed by atoms with Crippen molar-refractivity contribution in [1.82, 2.24) is 9.97 Å². The minimum atomic E-state index is -0.520. The van der Waals surface area contributed by atoms with E-state index in [0.717, 1.165) is 59.3 Å². The molecule has 2 aromatic carbocycles. The Hall–Kier alpha value is -3.71. The van der Waals surface area contributed by atoms with Gasteiger partial charge in [-0.15, -0.1) is 0 Å². The van der Waals surface area contributed by atoms with Crippen molar-refractivity contribution in [2.75, 3.05) is 11.9 Å². The van der Waals surface area contributed by atoms with Crippen molar-refractivity contribution in [1.29, 1.82) is 0 Å². The highest BCUT2D eigenvalue weighted by atomic mass is 16.6. The molecule has 7 nitrogen and oxygen atoms in total. The number of ether oxygens (including phenoxy) is 2. The summed E-state index contributed by atoms with van der Waals surface area (Å²) in [5.41, 5.74) is 4.23. The van der Waals surface area contributed by atoms with Crippen molar-refractivity contribution >= 4 is 22.9 Å². The summed E-state index contributed by atoms with van der Waals surface area (Å²) in [4.78, 5) is 21.3. The van der Waals surface area contributed by atoms with Gasteiger partial charge in [-0.1, -0.05) is 60.2 Å². The first-order valence-electron chi connectivity index (χ1n) is 13.3. The molecule has 0 bridgehead atoms. The Morgan fingerprint density at radius 1 is 1.03 bits per heavy atom. The lowest BCUT2D eigenvalue weighted by atomic mass is 9.92. The molecule has 0 aliphatic heterocycles. The number of benzene rings is 2. The highest BCUT2D eigenvalue weighted by Gasteiger charge is 2.27. The summed E-state index contributed by atoms with van der Waals surface area (Å²) in [5.74, 6) is 1.18. The molecule has 1 aliphatic rings. The van der Waals surface area contributed by atoms with Gasteiger partial charge in [0.2, 0.25) is 5.71 Å². The Bertz CT molecular complexity index is 1390. The lowest BCUT2D eigenvalue weighted by Gasteiger charge is -2.30. The van der Waals surface area contributed by atoms with E-state index in [9.17, 15) is 4.79 Å². The highest BCUT2D eigenvalue weighted by Crippen LogP contribution is 2.43. The van der Waals surface area contributed by atoms with Crippen molar-refractivity contribution in [2.45, 2.75) is 71.1 Å². The zero-order chi connectivity index (χ0) is 26.7. The van der Waals surface area contributed by atoms with Gasteiger partial charge in [-0.25, -0.2) is 14.8 Å². The third kappa shape index (κ3) is 6.05. The van der Waals surface area contributed by atoms with Crippen molar-refractivity contribution in [3.05, 3.63) is 66.5 Å². The monoisotopic (exact) mass is 513 g/mol. The van der Waals surface area contributed by atoms with Gasteiger partial charge >= 0.3 is 5.97 Å². The SMILES string of the molecule is Cc1ccc(-c2c(-c3ccccc3)oc3ncnc(N[C@H]4CCCC(OCC(=O)OC(C)(C)C)C4)c23)cc1. The predicted molar refractivity (Wildman–Crippen MR) is 149 cm³/mol. The second-order valence-corrected chi connectivity index (χ2v) is 11.0. The maximum absolute atomic E-state index is 12.1. The van der Waals surface area contributed by atoms with Crippen LogP contribution < -0.4 is 5.32 Å². The van der Waals surface area contributed by atoms with E-state index in [4.69, 9.17) is 13.9 Å². The van der Waals surface area contributed by atoms with Crippen LogP contribution >= 0.6 is 0 Å². The van der Waals surface area contributed by atoms with Crippen molar-refractivity contribution in [3.63, 3.8) is 0 Å². The summed E-state index contributed by atoms with van der Waals surface area (Å²) in [6, 6.07) is 18.7. The first kappa shape index (κ1) is 25.9. The number of nitrogens with one attached hydrogen (secondary N) is 1. The fourth-order valence-corrected chi connectivity index (χ4v) is 5.01. The molecular weight excluding hydrogens is 478 g/mol. The lowest BCUT2D eigenvalue weighted by molar-refractivity contribution is -0.162. The number of carbonyl (C=O) groups excluding carboxylic acids is 1. The van der Waals surface area contributed by atoms with Crippen LogP contribution in [-0.2, 0) is 14.3 Å². The molecule has 0 amide bonds. The summed E-state index contributed by atoms with van der Waals surface area (Å²) in [6.07, 6.45) is 5.20. The molecule has 1 saturated carbocycles. The van der Waals surface area contributed by atoms with Gasteiger partial charge in [-0.3, -0.25) is 0 Å². The normalized spacial score (nSPS) is 17.9. The summed E-state index contributed by atoms with van der Waals surface area (Å²) in [7, 11) is 0. The fourth-order valence-electron chi connectivity index (χ4n) is 5.01. The summed E-state index contributed by atoms with van der Waals surface area (Å²) >= 11 is 0. The van der Waals surface area contributed by atoms with Gasteiger partial charge in [0.05, 0.1) is 11.5 Å². The third-order valence-electron chi connectivity index (χ3n) is 6.69. The zero-order valence-electron chi connectivity index (χ0n) is 22.5. The molecule has 0 spiro atoms. The van der Waals surface area contributed by atoms with Crippen LogP contribution in [0.15, 0.2) is 65.3 Å². The van der Waals surface area contributed by atoms with Crippen LogP contribution in [0.5, 0.6) is 0 Å². The average molecular weight is 514 g/mol. The van der Waals surface area contributed by atoms with Gasteiger partial charge in [-0.2, -0.15) is 0 Å². The Labute approximate surface area is 223 Å². The second-order valence-electron chi connectivity index (χ2n) is 11.0. The maximum atomic E-state index is 12.1. The zero-order valence-corrected chi connectivity index (χ0v) is 22.5. The summed E-state index contributed by atoms with van der Waals surface area (Å²) < 4.78 is 17.7. The predicted octanol–water partition coefficient (Wildman–Crippen LogP) is 6.95. The van der Waals surface area contributed by atoms with Crippen LogP contribution in [0.3, 0.4) is 0 Å². The van der Waals surface area contributed by atoms with Gasteiger partial charge in [-0.05, 0) is 58.9 Å². The van der Waals surface area contributed by atoms with Crippen molar-refractivity contribution < 1.29 is 18.7 Å². The van der Waals surface area contributed by atoms with Crippen LogP contribution in [0.2, 0.25) is 0 Å². The average Bonchev–Trinajstić information content (AvgIpc) is 3.28. The van der Waals surface area contributed by atoms with Crippen LogP contribution in [0.1, 0.15) is 52.0 Å². The van der Waals surface area contributed by atoms with E-state index < -0.39 is 5.60 Å². The summed E-state index contributed by atoms with van der Waals surface area (Å²) in [6.45, 7) is 7.62. The van der Waals surface area contributed by atoms with E-state index in [2.05, 4.69) is 46.5 Å². The second kappa shape index (κ2) is 11.0. The van der Waals surface area contributed by atoms with Crippen molar-refractivity contribution in [3.8, 4) is 22.5 Å². The number of hydrogen-bond donors (Lipinski definition) is 1. The molecule has 1 aliphatic carbocycles. The lowest BCUT2D eigenvalue weighted by Crippen LogP contribution is -2.34. The smallest absolute Gasteiger partial charge is 0.332 e.